The van der Waals surface area contributed by atoms with Crippen LogP contribution in [0.3, 0.4) is 0 Å². The number of aromatic nitrogens is 3. The van der Waals surface area contributed by atoms with Crippen molar-refractivity contribution >= 4 is 21.8 Å². The Balaban J connectivity index is 1.46. The van der Waals surface area contributed by atoms with Crippen molar-refractivity contribution in [2.45, 2.75) is 51.6 Å². The van der Waals surface area contributed by atoms with Crippen LogP contribution >= 0.6 is 0 Å². The molecule has 0 bridgehead atoms. The lowest BCUT2D eigenvalue weighted by atomic mass is 9.90. The Hall–Kier alpha value is -2.76. The van der Waals surface area contributed by atoms with E-state index in [9.17, 15) is 0 Å². The molecule has 4 aromatic rings. The number of nitrogens with zero attached hydrogens (tertiary/aromatic N) is 3. The molecule has 0 aliphatic heterocycles. The van der Waals surface area contributed by atoms with E-state index in [4.69, 9.17) is 9.97 Å². The number of para-hydroxylation sites is 1. The molecule has 1 aliphatic carbocycles. The highest BCUT2D eigenvalue weighted by Gasteiger charge is 2.27. The number of nitrogens with one attached hydrogen (secondary N) is 2. The monoisotopic (exact) mass is 427 g/mol. The number of H-pyrrole nitrogens is 1. The van der Waals surface area contributed by atoms with Gasteiger partial charge in [0.2, 0.25) is 0 Å². The Morgan fingerprint density at radius 3 is 2.91 bits per heavy atom. The predicted octanol–water partition coefficient (Wildman–Crippen LogP) is 5.38. The second-order valence-corrected chi connectivity index (χ2v) is 8.84. The highest BCUT2D eigenvalue weighted by Crippen LogP contribution is 2.35. The van der Waals surface area contributed by atoms with Crippen molar-refractivity contribution in [3.05, 3.63) is 71.8 Å². The first-order valence-corrected chi connectivity index (χ1v) is 12.1. The zero-order valence-corrected chi connectivity index (χ0v) is 19.0. The third kappa shape index (κ3) is 4.27. The van der Waals surface area contributed by atoms with Crippen molar-refractivity contribution in [2.75, 3.05) is 19.6 Å². The topological polar surface area (TPSA) is 56.8 Å². The number of rotatable bonds is 9. The molecule has 5 heteroatoms. The number of hydrogen-bond donors (Lipinski definition) is 2. The maximum atomic E-state index is 4.84. The van der Waals surface area contributed by atoms with Gasteiger partial charge in [0.25, 0.3) is 0 Å². The van der Waals surface area contributed by atoms with Crippen LogP contribution in [-0.4, -0.2) is 39.5 Å². The van der Waals surface area contributed by atoms with Gasteiger partial charge in [-0.3, -0.25) is 14.9 Å². The average Bonchev–Trinajstić information content (AvgIpc) is 3.22. The molecule has 0 spiro atoms. The summed E-state index contributed by atoms with van der Waals surface area (Å²) in [6.07, 6.45) is 9.82. The molecule has 32 heavy (non-hydrogen) atoms. The summed E-state index contributed by atoms with van der Waals surface area (Å²) in [6.45, 7) is 6.19. The molecular formula is C27H33N5. The molecule has 0 amide bonds. The van der Waals surface area contributed by atoms with Crippen LogP contribution in [0.25, 0.3) is 21.8 Å². The van der Waals surface area contributed by atoms with Gasteiger partial charge in [0, 0.05) is 35.2 Å². The van der Waals surface area contributed by atoms with Crippen LogP contribution < -0.4 is 5.32 Å². The zero-order valence-electron chi connectivity index (χ0n) is 19.0. The maximum Gasteiger partial charge on any atom is 0.0784 e. The molecule has 0 saturated carbocycles. The first-order valence-electron chi connectivity index (χ1n) is 12.1. The van der Waals surface area contributed by atoms with Gasteiger partial charge < -0.3 is 10.3 Å². The highest BCUT2D eigenvalue weighted by atomic mass is 15.2. The molecule has 0 fully saturated rings. The predicted molar refractivity (Wildman–Crippen MR) is 132 cm³/mol. The number of hydrogen-bond acceptors (Lipinski definition) is 4. The lowest BCUT2D eigenvalue weighted by molar-refractivity contribution is 0.161. The van der Waals surface area contributed by atoms with Crippen LogP contribution in [-0.2, 0) is 13.0 Å². The summed E-state index contributed by atoms with van der Waals surface area (Å²) in [5, 5.41) is 5.99. The van der Waals surface area contributed by atoms with E-state index in [0.29, 0.717) is 6.04 Å². The fourth-order valence-corrected chi connectivity index (χ4v) is 5.17. The Morgan fingerprint density at radius 2 is 1.97 bits per heavy atom. The molecule has 5 rings (SSSR count). The SMILES string of the molecule is CCNCCCCN(Cc1nccc2c1[nH]c1ccccc12)C1CCCc2cccnc21. The van der Waals surface area contributed by atoms with Gasteiger partial charge in [-0.2, -0.15) is 0 Å². The Morgan fingerprint density at radius 1 is 1.03 bits per heavy atom. The second kappa shape index (κ2) is 9.80. The minimum absolute atomic E-state index is 0.362. The molecule has 0 radical (unpaired) electrons. The van der Waals surface area contributed by atoms with E-state index in [2.05, 4.69) is 64.6 Å². The normalized spacial score (nSPS) is 16.1. The van der Waals surface area contributed by atoms with Gasteiger partial charge in [0.05, 0.1) is 22.9 Å². The van der Waals surface area contributed by atoms with Gasteiger partial charge in [-0.1, -0.05) is 31.2 Å². The number of pyridine rings is 2. The first kappa shape index (κ1) is 21.1. The molecule has 3 aromatic heterocycles. The second-order valence-electron chi connectivity index (χ2n) is 8.84. The smallest absolute Gasteiger partial charge is 0.0784 e. The lowest BCUT2D eigenvalue weighted by Gasteiger charge is -2.35. The third-order valence-electron chi connectivity index (χ3n) is 6.76. The summed E-state index contributed by atoms with van der Waals surface area (Å²) in [7, 11) is 0. The number of aryl methyl sites for hydroxylation is 1. The molecule has 1 aromatic carbocycles. The van der Waals surface area contributed by atoms with Crippen LogP contribution in [0.1, 0.15) is 55.6 Å². The van der Waals surface area contributed by atoms with E-state index in [1.165, 1.54) is 58.7 Å². The van der Waals surface area contributed by atoms with Crippen LogP contribution in [0.5, 0.6) is 0 Å². The minimum atomic E-state index is 0.362. The van der Waals surface area contributed by atoms with E-state index in [1.54, 1.807) is 0 Å². The third-order valence-corrected chi connectivity index (χ3v) is 6.76. The zero-order chi connectivity index (χ0) is 21.8. The molecule has 3 heterocycles. The standard InChI is InChI=1S/C27H33N5/c1-2-28-15-5-6-18-32(25-13-7-9-20-10-8-16-30-26(20)25)19-24-27-22(14-17-29-24)21-11-3-4-12-23(21)31-27/h3-4,8,10-12,14,16-17,25,28,31H,2,5-7,9,13,15,18-19H2,1H3. The van der Waals surface area contributed by atoms with Crippen molar-refractivity contribution in [1.82, 2.24) is 25.2 Å². The largest absolute Gasteiger partial charge is 0.353 e. The fourth-order valence-electron chi connectivity index (χ4n) is 5.17. The molecule has 1 aliphatic rings. The van der Waals surface area contributed by atoms with Crippen molar-refractivity contribution in [2.24, 2.45) is 0 Å². The Bertz CT molecular complexity index is 1180. The number of benzene rings is 1. The maximum absolute atomic E-state index is 4.84. The highest BCUT2D eigenvalue weighted by molar-refractivity contribution is 6.07. The van der Waals surface area contributed by atoms with Gasteiger partial charge in [-0.05, 0) is 75.5 Å². The van der Waals surface area contributed by atoms with Crippen LogP contribution in [0, 0.1) is 0 Å². The average molecular weight is 428 g/mol. The Labute approximate surface area is 190 Å². The molecule has 2 N–H and O–H groups in total. The van der Waals surface area contributed by atoms with Crippen molar-refractivity contribution in [3.8, 4) is 0 Å². The molecule has 166 valence electrons. The van der Waals surface area contributed by atoms with E-state index in [1.807, 2.05) is 12.4 Å². The molecular weight excluding hydrogens is 394 g/mol. The summed E-state index contributed by atoms with van der Waals surface area (Å²) in [5.41, 5.74) is 6.17. The van der Waals surface area contributed by atoms with Gasteiger partial charge in [-0.25, -0.2) is 0 Å². The van der Waals surface area contributed by atoms with E-state index in [0.717, 1.165) is 38.3 Å². The van der Waals surface area contributed by atoms with Gasteiger partial charge in [-0.15, -0.1) is 0 Å². The van der Waals surface area contributed by atoms with Gasteiger partial charge in [0.15, 0.2) is 0 Å². The Kier molecular flexibility index (Phi) is 6.46. The van der Waals surface area contributed by atoms with Crippen molar-refractivity contribution < 1.29 is 0 Å². The molecule has 1 atom stereocenters. The summed E-state index contributed by atoms with van der Waals surface area (Å²) in [4.78, 5) is 16.0. The van der Waals surface area contributed by atoms with Crippen LogP contribution in [0.2, 0.25) is 0 Å². The van der Waals surface area contributed by atoms with E-state index >= 15 is 0 Å². The summed E-state index contributed by atoms with van der Waals surface area (Å²) in [5.74, 6) is 0. The minimum Gasteiger partial charge on any atom is -0.353 e. The number of unbranched alkanes of at least 4 members (excludes halogenated alkanes) is 1. The van der Waals surface area contributed by atoms with Crippen molar-refractivity contribution in [3.63, 3.8) is 0 Å². The fraction of sp³-hybridized carbons (Fsp3) is 0.407. The lowest BCUT2D eigenvalue weighted by Crippen LogP contribution is -2.33. The van der Waals surface area contributed by atoms with Crippen LogP contribution in [0.15, 0.2) is 54.9 Å². The summed E-state index contributed by atoms with van der Waals surface area (Å²) >= 11 is 0. The quantitative estimate of drug-likeness (QED) is 0.352. The number of fused-ring (bicyclic) bond motifs is 4. The summed E-state index contributed by atoms with van der Waals surface area (Å²) in [6, 6.07) is 15.4. The molecule has 0 saturated heterocycles. The summed E-state index contributed by atoms with van der Waals surface area (Å²) < 4.78 is 0. The van der Waals surface area contributed by atoms with Gasteiger partial charge in [0.1, 0.15) is 0 Å². The van der Waals surface area contributed by atoms with Crippen LogP contribution in [0.4, 0.5) is 0 Å². The molecule has 5 nitrogen and oxygen atoms in total. The van der Waals surface area contributed by atoms with E-state index < -0.39 is 0 Å². The van der Waals surface area contributed by atoms with Crippen molar-refractivity contribution in [1.29, 1.82) is 0 Å². The van der Waals surface area contributed by atoms with Gasteiger partial charge >= 0.3 is 0 Å². The van der Waals surface area contributed by atoms with E-state index in [-0.39, 0.29) is 0 Å². The number of aromatic amines is 1. The first-order chi connectivity index (χ1) is 15.8. The molecule has 1 unspecified atom stereocenters.